The van der Waals surface area contributed by atoms with Crippen molar-refractivity contribution in [1.29, 1.82) is 0 Å². The van der Waals surface area contributed by atoms with Gasteiger partial charge in [0, 0.05) is 11.8 Å². The zero-order chi connectivity index (χ0) is 15.2. The summed E-state index contributed by atoms with van der Waals surface area (Å²) >= 11 is 7.46. The van der Waals surface area contributed by atoms with E-state index in [-0.39, 0.29) is 11.5 Å². The summed E-state index contributed by atoms with van der Waals surface area (Å²) in [6.07, 6.45) is 0. The van der Waals surface area contributed by atoms with Gasteiger partial charge in [0.2, 0.25) is 0 Å². The van der Waals surface area contributed by atoms with Crippen LogP contribution in [0.4, 0.5) is 0 Å². The third-order valence-electron chi connectivity index (χ3n) is 2.75. The molecule has 1 N–H and O–H groups in total. The van der Waals surface area contributed by atoms with E-state index >= 15 is 0 Å². The topological polar surface area (TPSA) is 55.0 Å². The summed E-state index contributed by atoms with van der Waals surface area (Å²) in [5.41, 5.74) is 0.677. The first kappa shape index (κ1) is 15.9. The predicted octanol–water partition coefficient (Wildman–Crippen LogP) is 3.72. The summed E-state index contributed by atoms with van der Waals surface area (Å²) < 4.78 is 5.59. The van der Waals surface area contributed by atoms with Crippen LogP contribution in [0.3, 0.4) is 0 Å². The van der Waals surface area contributed by atoms with Gasteiger partial charge in [0.25, 0.3) is 5.56 Å². The van der Waals surface area contributed by atoms with E-state index in [9.17, 15) is 4.79 Å². The van der Waals surface area contributed by atoms with Crippen LogP contribution < -0.4 is 10.3 Å². The van der Waals surface area contributed by atoms with Gasteiger partial charge in [-0.3, -0.25) is 4.79 Å². The maximum atomic E-state index is 11.6. The molecule has 0 unspecified atom stereocenters. The summed E-state index contributed by atoms with van der Waals surface area (Å²) in [7, 11) is 0. The molecule has 0 atom stereocenters. The zero-order valence-corrected chi connectivity index (χ0v) is 13.5. The van der Waals surface area contributed by atoms with Crippen molar-refractivity contribution >= 4 is 23.4 Å². The Morgan fingerprint density at radius 2 is 2.14 bits per heavy atom. The molecule has 0 aliphatic heterocycles. The number of rotatable bonds is 6. The summed E-state index contributed by atoms with van der Waals surface area (Å²) in [5, 5.41) is 1.21. The molecular formula is C15H17ClN2O2S. The molecule has 0 amide bonds. The second-order valence-corrected chi connectivity index (χ2v) is 6.25. The van der Waals surface area contributed by atoms with E-state index in [2.05, 4.69) is 9.97 Å². The molecule has 2 rings (SSSR count). The number of aromatic amines is 1. The molecular weight excluding hydrogens is 308 g/mol. The lowest BCUT2D eigenvalue weighted by molar-refractivity contribution is 0.344. The zero-order valence-electron chi connectivity index (χ0n) is 11.9. The molecule has 112 valence electrons. The number of hydrogen-bond acceptors (Lipinski definition) is 4. The van der Waals surface area contributed by atoms with Gasteiger partial charge < -0.3 is 9.72 Å². The lowest BCUT2D eigenvalue weighted by atomic mass is 10.1. The summed E-state index contributed by atoms with van der Waals surface area (Å²) in [5.74, 6) is 1.57. The summed E-state index contributed by atoms with van der Waals surface area (Å²) in [6.45, 7) is 4.51. The predicted molar refractivity (Wildman–Crippen MR) is 86.6 cm³/mol. The van der Waals surface area contributed by atoms with E-state index in [0.717, 1.165) is 5.69 Å². The molecule has 2 aromatic rings. The van der Waals surface area contributed by atoms with E-state index in [1.165, 1.54) is 17.8 Å². The van der Waals surface area contributed by atoms with Crippen molar-refractivity contribution in [3.63, 3.8) is 0 Å². The quantitative estimate of drug-likeness (QED) is 0.500. The summed E-state index contributed by atoms with van der Waals surface area (Å²) in [6, 6.07) is 8.88. The van der Waals surface area contributed by atoms with Crippen LogP contribution in [0.2, 0.25) is 5.02 Å². The van der Waals surface area contributed by atoms with Crippen molar-refractivity contribution in [2.75, 3.05) is 12.4 Å². The highest BCUT2D eigenvalue weighted by Gasteiger charge is 2.06. The molecule has 21 heavy (non-hydrogen) atoms. The molecule has 0 saturated carbocycles. The van der Waals surface area contributed by atoms with Crippen LogP contribution in [0.5, 0.6) is 5.75 Å². The van der Waals surface area contributed by atoms with Gasteiger partial charge in [-0.2, -0.15) is 0 Å². The first-order valence-electron chi connectivity index (χ1n) is 6.67. The Labute approximate surface area is 132 Å². The molecule has 1 aromatic carbocycles. The Balaban J connectivity index is 1.89. The lowest BCUT2D eigenvalue weighted by Crippen LogP contribution is -2.11. The van der Waals surface area contributed by atoms with Crippen molar-refractivity contribution in [2.24, 2.45) is 0 Å². The average molecular weight is 325 g/mol. The second kappa shape index (κ2) is 7.52. The number of halogens is 1. The lowest BCUT2D eigenvalue weighted by Gasteiger charge is -2.08. The first-order chi connectivity index (χ1) is 10.1. The summed E-state index contributed by atoms with van der Waals surface area (Å²) in [4.78, 5) is 18.7. The number of para-hydroxylation sites is 1. The van der Waals surface area contributed by atoms with Crippen molar-refractivity contribution < 1.29 is 4.74 Å². The molecule has 4 nitrogen and oxygen atoms in total. The van der Waals surface area contributed by atoms with Gasteiger partial charge in [-0.25, -0.2) is 4.98 Å². The van der Waals surface area contributed by atoms with Crippen molar-refractivity contribution in [2.45, 2.75) is 24.9 Å². The van der Waals surface area contributed by atoms with Crippen molar-refractivity contribution in [1.82, 2.24) is 9.97 Å². The molecule has 0 aliphatic carbocycles. The molecule has 0 aliphatic rings. The van der Waals surface area contributed by atoms with E-state index in [4.69, 9.17) is 16.3 Å². The number of ether oxygens (including phenoxy) is 1. The van der Waals surface area contributed by atoms with Crippen LogP contribution in [0.25, 0.3) is 0 Å². The molecule has 6 heteroatoms. The number of thioether (sulfide) groups is 1. The fraction of sp³-hybridized carbons (Fsp3) is 0.333. The van der Waals surface area contributed by atoms with Crippen LogP contribution in [0.15, 0.2) is 40.3 Å². The second-order valence-electron chi connectivity index (χ2n) is 4.76. The SMILES string of the molecule is CC(C)c1cc(=O)[nH]c(SCCOc2ccccc2Cl)n1. The van der Waals surface area contributed by atoms with Crippen LogP contribution in [-0.2, 0) is 0 Å². The highest BCUT2D eigenvalue weighted by atomic mass is 35.5. The number of nitrogens with zero attached hydrogens (tertiary/aromatic N) is 1. The average Bonchev–Trinajstić information content (AvgIpc) is 2.44. The van der Waals surface area contributed by atoms with Crippen molar-refractivity contribution in [3.8, 4) is 5.75 Å². The molecule has 0 fully saturated rings. The number of nitrogens with one attached hydrogen (secondary N) is 1. The Hall–Kier alpha value is -1.46. The van der Waals surface area contributed by atoms with Gasteiger partial charge in [-0.15, -0.1) is 0 Å². The largest absolute Gasteiger partial charge is 0.491 e. The highest BCUT2D eigenvalue weighted by molar-refractivity contribution is 7.99. The molecule has 0 saturated heterocycles. The van der Waals surface area contributed by atoms with E-state index in [1.807, 2.05) is 32.0 Å². The monoisotopic (exact) mass is 324 g/mol. The third kappa shape index (κ3) is 4.79. The van der Waals surface area contributed by atoms with Gasteiger partial charge in [0.05, 0.1) is 17.3 Å². The van der Waals surface area contributed by atoms with Gasteiger partial charge in [-0.05, 0) is 18.1 Å². The minimum atomic E-state index is -0.122. The van der Waals surface area contributed by atoms with Gasteiger partial charge in [0.1, 0.15) is 5.75 Å². The number of H-pyrrole nitrogens is 1. The van der Waals surface area contributed by atoms with Crippen LogP contribution in [0.1, 0.15) is 25.5 Å². The minimum Gasteiger partial charge on any atom is -0.491 e. The van der Waals surface area contributed by atoms with E-state index < -0.39 is 0 Å². The third-order valence-corrected chi connectivity index (χ3v) is 3.90. The number of hydrogen-bond donors (Lipinski definition) is 1. The number of benzene rings is 1. The fourth-order valence-corrected chi connectivity index (χ4v) is 2.56. The maximum Gasteiger partial charge on any atom is 0.251 e. The number of aromatic nitrogens is 2. The Morgan fingerprint density at radius 1 is 1.38 bits per heavy atom. The smallest absolute Gasteiger partial charge is 0.251 e. The van der Waals surface area contributed by atoms with E-state index in [1.54, 1.807) is 6.07 Å². The Kier molecular flexibility index (Phi) is 5.70. The van der Waals surface area contributed by atoms with Gasteiger partial charge in [-0.1, -0.05) is 49.3 Å². The first-order valence-corrected chi connectivity index (χ1v) is 8.04. The minimum absolute atomic E-state index is 0.122. The molecule has 1 aromatic heterocycles. The molecule has 1 heterocycles. The highest BCUT2D eigenvalue weighted by Crippen LogP contribution is 2.23. The molecule has 0 radical (unpaired) electrons. The van der Waals surface area contributed by atoms with Crippen LogP contribution in [-0.4, -0.2) is 22.3 Å². The Bertz CT molecular complexity index is 658. The van der Waals surface area contributed by atoms with Crippen LogP contribution >= 0.6 is 23.4 Å². The normalized spacial score (nSPS) is 10.9. The molecule has 0 spiro atoms. The van der Waals surface area contributed by atoms with E-state index in [0.29, 0.717) is 28.3 Å². The van der Waals surface area contributed by atoms with Crippen LogP contribution in [0, 0.1) is 0 Å². The fourth-order valence-electron chi connectivity index (χ4n) is 1.67. The Morgan fingerprint density at radius 3 is 2.86 bits per heavy atom. The maximum absolute atomic E-state index is 11.6. The molecule has 0 bridgehead atoms. The van der Waals surface area contributed by atoms with Gasteiger partial charge in [0.15, 0.2) is 5.16 Å². The van der Waals surface area contributed by atoms with Crippen molar-refractivity contribution in [3.05, 3.63) is 51.4 Å². The standard InChI is InChI=1S/C15H17ClN2O2S/c1-10(2)12-9-14(19)18-15(17-12)21-8-7-20-13-6-4-3-5-11(13)16/h3-6,9-10H,7-8H2,1-2H3,(H,17,18,19). The van der Waals surface area contributed by atoms with Gasteiger partial charge >= 0.3 is 0 Å².